The lowest BCUT2D eigenvalue weighted by Crippen LogP contribution is -2.30. The van der Waals surface area contributed by atoms with Gasteiger partial charge in [0.05, 0.1) is 6.10 Å². The van der Waals surface area contributed by atoms with Gasteiger partial charge in [0.15, 0.2) is 0 Å². The van der Waals surface area contributed by atoms with Crippen LogP contribution in [0.2, 0.25) is 0 Å². The van der Waals surface area contributed by atoms with Crippen LogP contribution in [0.3, 0.4) is 0 Å². The number of hydrogen-bond donors (Lipinski definition) is 1. The second-order valence-electron chi connectivity index (χ2n) is 4.15. The topological polar surface area (TPSA) is 35.2 Å². The van der Waals surface area contributed by atoms with E-state index in [9.17, 15) is 4.39 Å². The number of benzene rings is 1. The fraction of sp³-hybridized carbons (Fsp3) is 0.500. The van der Waals surface area contributed by atoms with Gasteiger partial charge >= 0.3 is 0 Å². The quantitative estimate of drug-likeness (QED) is 0.770. The van der Waals surface area contributed by atoms with Crippen molar-refractivity contribution >= 4 is 0 Å². The van der Waals surface area contributed by atoms with Gasteiger partial charge in [0.25, 0.3) is 0 Å². The predicted molar refractivity (Wildman–Crippen MR) is 57.0 cm³/mol. The Labute approximate surface area is 89.2 Å². The molecule has 2 atom stereocenters. The van der Waals surface area contributed by atoms with Crippen LogP contribution in [0.15, 0.2) is 18.2 Å². The molecule has 0 radical (unpaired) electrons. The van der Waals surface area contributed by atoms with Gasteiger partial charge in [-0.15, -0.1) is 0 Å². The van der Waals surface area contributed by atoms with Crippen molar-refractivity contribution in [2.45, 2.75) is 31.9 Å². The van der Waals surface area contributed by atoms with Gasteiger partial charge in [0.1, 0.15) is 5.82 Å². The lowest BCUT2D eigenvalue weighted by molar-refractivity contribution is 0.00650. The SMILES string of the molecule is Cc1ccc(C2CC(N)CCO2)cc1F. The second-order valence-corrected chi connectivity index (χ2v) is 4.15. The van der Waals surface area contributed by atoms with Crippen LogP contribution in [0.25, 0.3) is 0 Å². The molecule has 1 fully saturated rings. The Morgan fingerprint density at radius 3 is 2.93 bits per heavy atom. The van der Waals surface area contributed by atoms with Crippen LogP contribution in [-0.4, -0.2) is 12.6 Å². The van der Waals surface area contributed by atoms with Crippen LogP contribution in [0.4, 0.5) is 4.39 Å². The van der Waals surface area contributed by atoms with Gasteiger partial charge in [-0.25, -0.2) is 4.39 Å². The van der Waals surface area contributed by atoms with E-state index in [0.717, 1.165) is 18.4 Å². The Bertz CT molecular complexity index is 353. The molecule has 1 saturated heterocycles. The molecule has 0 saturated carbocycles. The summed E-state index contributed by atoms with van der Waals surface area (Å²) in [5, 5.41) is 0. The van der Waals surface area contributed by atoms with Gasteiger partial charge in [-0.05, 0) is 37.0 Å². The summed E-state index contributed by atoms with van der Waals surface area (Å²) in [4.78, 5) is 0. The lowest BCUT2D eigenvalue weighted by Gasteiger charge is -2.27. The zero-order valence-corrected chi connectivity index (χ0v) is 8.87. The standard InChI is InChI=1S/C12H16FNO/c1-8-2-3-9(6-11(8)13)12-7-10(14)4-5-15-12/h2-3,6,10,12H,4-5,7,14H2,1H3. The van der Waals surface area contributed by atoms with Crippen molar-refractivity contribution in [2.24, 2.45) is 5.73 Å². The Morgan fingerprint density at radius 1 is 1.47 bits per heavy atom. The molecule has 0 bridgehead atoms. The number of hydrogen-bond acceptors (Lipinski definition) is 2. The van der Waals surface area contributed by atoms with Crippen molar-refractivity contribution in [1.29, 1.82) is 0 Å². The third-order valence-electron chi connectivity index (χ3n) is 2.89. The maximum absolute atomic E-state index is 13.3. The van der Waals surface area contributed by atoms with Gasteiger partial charge in [-0.1, -0.05) is 12.1 Å². The summed E-state index contributed by atoms with van der Waals surface area (Å²) >= 11 is 0. The van der Waals surface area contributed by atoms with E-state index in [1.165, 1.54) is 0 Å². The minimum atomic E-state index is -0.171. The molecule has 1 heterocycles. The van der Waals surface area contributed by atoms with E-state index in [1.807, 2.05) is 6.07 Å². The highest BCUT2D eigenvalue weighted by Gasteiger charge is 2.21. The van der Waals surface area contributed by atoms with E-state index in [4.69, 9.17) is 10.5 Å². The molecule has 3 heteroatoms. The van der Waals surface area contributed by atoms with E-state index in [2.05, 4.69) is 0 Å². The summed E-state index contributed by atoms with van der Waals surface area (Å²) < 4.78 is 18.9. The smallest absolute Gasteiger partial charge is 0.126 e. The summed E-state index contributed by atoms with van der Waals surface area (Å²) in [5.74, 6) is -0.171. The molecule has 0 aliphatic carbocycles. The number of rotatable bonds is 1. The van der Waals surface area contributed by atoms with Crippen LogP contribution >= 0.6 is 0 Å². The van der Waals surface area contributed by atoms with E-state index < -0.39 is 0 Å². The maximum Gasteiger partial charge on any atom is 0.126 e. The Morgan fingerprint density at radius 2 is 2.27 bits per heavy atom. The first-order valence-corrected chi connectivity index (χ1v) is 5.30. The van der Waals surface area contributed by atoms with Crippen molar-refractivity contribution in [3.05, 3.63) is 35.1 Å². The molecule has 2 nitrogen and oxygen atoms in total. The fourth-order valence-electron chi connectivity index (χ4n) is 1.86. The highest BCUT2D eigenvalue weighted by molar-refractivity contribution is 5.25. The summed E-state index contributed by atoms with van der Waals surface area (Å²) in [6.07, 6.45) is 1.64. The monoisotopic (exact) mass is 209 g/mol. The third kappa shape index (κ3) is 2.36. The zero-order valence-electron chi connectivity index (χ0n) is 8.87. The highest BCUT2D eigenvalue weighted by Crippen LogP contribution is 2.28. The largest absolute Gasteiger partial charge is 0.373 e. The van der Waals surface area contributed by atoms with Crippen molar-refractivity contribution in [3.8, 4) is 0 Å². The first-order chi connectivity index (χ1) is 7.16. The van der Waals surface area contributed by atoms with Gasteiger partial charge in [-0.2, -0.15) is 0 Å². The van der Waals surface area contributed by atoms with Crippen LogP contribution in [0.1, 0.15) is 30.1 Å². The number of halogens is 1. The van der Waals surface area contributed by atoms with Gasteiger partial charge in [0, 0.05) is 12.6 Å². The molecular formula is C12H16FNO. The van der Waals surface area contributed by atoms with Crippen LogP contribution in [0, 0.1) is 12.7 Å². The summed E-state index contributed by atoms with van der Waals surface area (Å²) in [7, 11) is 0. The Hall–Kier alpha value is -0.930. The number of ether oxygens (including phenoxy) is 1. The van der Waals surface area contributed by atoms with Crippen LogP contribution in [-0.2, 0) is 4.74 Å². The average Bonchev–Trinajstić information content (AvgIpc) is 2.22. The van der Waals surface area contributed by atoms with E-state index in [0.29, 0.717) is 12.2 Å². The van der Waals surface area contributed by atoms with Crippen molar-refractivity contribution < 1.29 is 9.13 Å². The molecule has 1 aromatic rings. The van der Waals surface area contributed by atoms with Crippen molar-refractivity contribution in [1.82, 2.24) is 0 Å². The molecular weight excluding hydrogens is 193 g/mol. The van der Waals surface area contributed by atoms with Crippen molar-refractivity contribution in [2.75, 3.05) is 6.61 Å². The summed E-state index contributed by atoms with van der Waals surface area (Å²) in [5.41, 5.74) is 7.42. The first-order valence-electron chi connectivity index (χ1n) is 5.30. The third-order valence-corrected chi connectivity index (χ3v) is 2.89. The summed E-state index contributed by atoms with van der Waals surface area (Å²) in [6.45, 7) is 2.42. The van der Waals surface area contributed by atoms with Crippen LogP contribution < -0.4 is 5.73 Å². The average molecular weight is 209 g/mol. The van der Waals surface area contributed by atoms with Gasteiger partial charge in [-0.3, -0.25) is 0 Å². The Kier molecular flexibility index (Phi) is 3.03. The van der Waals surface area contributed by atoms with E-state index in [1.54, 1.807) is 19.1 Å². The van der Waals surface area contributed by atoms with Gasteiger partial charge < -0.3 is 10.5 Å². The molecule has 2 N–H and O–H groups in total. The molecule has 0 aromatic heterocycles. The van der Waals surface area contributed by atoms with E-state index >= 15 is 0 Å². The number of aryl methyl sites for hydroxylation is 1. The molecule has 2 rings (SSSR count). The molecule has 1 aliphatic rings. The molecule has 2 unspecified atom stereocenters. The molecule has 1 aromatic carbocycles. The maximum atomic E-state index is 13.3. The molecule has 0 spiro atoms. The molecule has 82 valence electrons. The minimum absolute atomic E-state index is 0.0381. The van der Waals surface area contributed by atoms with Crippen LogP contribution in [0.5, 0.6) is 0 Å². The second kappa shape index (κ2) is 4.29. The molecule has 15 heavy (non-hydrogen) atoms. The number of nitrogens with two attached hydrogens (primary N) is 1. The summed E-state index contributed by atoms with van der Waals surface area (Å²) in [6, 6.07) is 5.43. The molecule has 1 aliphatic heterocycles. The fourth-order valence-corrected chi connectivity index (χ4v) is 1.86. The first kappa shape index (κ1) is 10.6. The predicted octanol–water partition coefficient (Wildman–Crippen LogP) is 2.31. The lowest BCUT2D eigenvalue weighted by atomic mass is 9.97. The minimum Gasteiger partial charge on any atom is -0.373 e. The normalized spacial score (nSPS) is 26.6. The highest BCUT2D eigenvalue weighted by atomic mass is 19.1. The van der Waals surface area contributed by atoms with Gasteiger partial charge in [0.2, 0.25) is 0 Å². The molecule has 0 amide bonds. The van der Waals surface area contributed by atoms with Crippen molar-refractivity contribution in [3.63, 3.8) is 0 Å². The Balaban J connectivity index is 2.18. The van der Waals surface area contributed by atoms with E-state index in [-0.39, 0.29) is 18.0 Å². The zero-order chi connectivity index (χ0) is 10.8.